The van der Waals surface area contributed by atoms with Crippen LogP contribution >= 0.6 is 12.2 Å². The molecule has 0 spiro atoms. The van der Waals surface area contributed by atoms with E-state index < -0.39 is 21.4 Å². The quantitative estimate of drug-likeness (QED) is 0.267. The fourth-order valence-corrected chi connectivity index (χ4v) is 1.65. The van der Waals surface area contributed by atoms with Gasteiger partial charge in [0.2, 0.25) is 0 Å². The maximum absolute atomic E-state index is 10.7. The van der Waals surface area contributed by atoms with E-state index in [-0.39, 0.29) is 41.1 Å². The minimum Gasteiger partial charge on any atom is -0.862 e. The Kier molecular flexibility index (Phi) is 4.77. The van der Waals surface area contributed by atoms with Crippen LogP contribution in [0.15, 0.2) is 4.99 Å². The Morgan fingerprint density at radius 1 is 1.69 bits per heavy atom. The average Bonchev–Trinajstić information content (AvgIpc) is 1.82. The third kappa shape index (κ3) is 3.88. The fourth-order valence-electron chi connectivity index (χ4n) is 0.718. The summed E-state index contributed by atoms with van der Waals surface area (Å²) >= 11 is 4.45. The minimum absolute atomic E-state index is 0. The van der Waals surface area contributed by atoms with Gasteiger partial charge in [-0.15, -0.1) is 0 Å². The molecule has 1 aliphatic heterocycles. The molecule has 1 rings (SSSR count). The van der Waals surface area contributed by atoms with Crippen molar-refractivity contribution in [1.82, 2.24) is 5.32 Å². The van der Waals surface area contributed by atoms with Crippen molar-refractivity contribution in [3.8, 4) is 0 Å². The van der Waals surface area contributed by atoms with Gasteiger partial charge in [-0.25, -0.2) is 4.99 Å². The molecular formula is C4H5N2NaO4S2. The zero-order valence-corrected chi connectivity index (χ0v) is 10.4. The van der Waals surface area contributed by atoms with Gasteiger partial charge >= 0.3 is 29.6 Å². The second kappa shape index (κ2) is 4.67. The average molecular weight is 232 g/mol. The molecule has 0 radical (unpaired) electrons. The van der Waals surface area contributed by atoms with Gasteiger partial charge in [-0.1, -0.05) is 0 Å². The van der Waals surface area contributed by atoms with Crippen molar-refractivity contribution in [2.45, 2.75) is 11.8 Å². The third-order valence-electron chi connectivity index (χ3n) is 1.23. The SMILES string of the molecule is O=S(=O)(O)C1CC([O-])=NC(=S)N1.[Na+]. The minimum atomic E-state index is -4.27. The van der Waals surface area contributed by atoms with Crippen LogP contribution in [0.1, 0.15) is 6.42 Å². The molecule has 0 saturated carbocycles. The van der Waals surface area contributed by atoms with Gasteiger partial charge in [0.1, 0.15) is 0 Å². The Morgan fingerprint density at radius 3 is 2.62 bits per heavy atom. The summed E-state index contributed by atoms with van der Waals surface area (Å²) in [5.74, 6) is -0.652. The summed E-state index contributed by atoms with van der Waals surface area (Å²) in [5.41, 5.74) is 0. The van der Waals surface area contributed by atoms with Gasteiger partial charge < -0.3 is 10.4 Å². The first kappa shape index (κ1) is 13.3. The molecule has 2 N–H and O–H groups in total. The van der Waals surface area contributed by atoms with E-state index in [1.165, 1.54) is 0 Å². The molecule has 0 aromatic rings. The number of hydrogen-bond donors (Lipinski definition) is 2. The Labute approximate surface area is 102 Å². The molecule has 68 valence electrons. The molecule has 0 amide bonds. The zero-order valence-electron chi connectivity index (χ0n) is 6.72. The van der Waals surface area contributed by atoms with Crippen LogP contribution in [0.2, 0.25) is 0 Å². The van der Waals surface area contributed by atoms with E-state index in [0.29, 0.717) is 0 Å². The molecule has 0 fully saturated rings. The van der Waals surface area contributed by atoms with E-state index in [9.17, 15) is 13.5 Å². The number of nitrogens with one attached hydrogen (secondary N) is 1. The molecule has 0 bridgehead atoms. The summed E-state index contributed by atoms with van der Waals surface area (Å²) in [5, 5.41) is 11.3. The second-order valence-corrected chi connectivity index (χ2v) is 4.15. The second-order valence-electron chi connectivity index (χ2n) is 2.16. The summed E-state index contributed by atoms with van der Waals surface area (Å²) in [6.07, 6.45) is -0.390. The van der Waals surface area contributed by atoms with E-state index in [2.05, 4.69) is 22.5 Å². The fraction of sp³-hybridized carbons (Fsp3) is 0.500. The van der Waals surface area contributed by atoms with E-state index in [1.807, 2.05) is 0 Å². The van der Waals surface area contributed by atoms with Crippen molar-refractivity contribution in [3.63, 3.8) is 0 Å². The van der Waals surface area contributed by atoms with Gasteiger partial charge in [0.25, 0.3) is 10.1 Å². The molecule has 1 heterocycles. The van der Waals surface area contributed by atoms with Crippen LogP contribution in [0.25, 0.3) is 0 Å². The van der Waals surface area contributed by atoms with Crippen molar-refractivity contribution in [1.29, 1.82) is 0 Å². The number of nitrogens with zero attached hydrogens (tertiary/aromatic N) is 1. The van der Waals surface area contributed by atoms with E-state index in [0.717, 1.165) is 0 Å². The predicted molar refractivity (Wildman–Crippen MR) is 43.1 cm³/mol. The van der Waals surface area contributed by atoms with Crippen molar-refractivity contribution in [3.05, 3.63) is 0 Å². The van der Waals surface area contributed by atoms with Crippen LogP contribution in [0.3, 0.4) is 0 Å². The Hall–Kier alpha value is 0.270. The zero-order chi connectivity index (χ0) is 9.35. The summed E-state index contributed by atoms with van der Waals surface area (Å²) in [6, 6.07) is 0. The van der Waals surface area contributed by atoms with Crippen molar-refractivity contribution < 1.29 is 47.6 Å². The smallest absolute Gasteiger partial charge is 0.862 e. The van der Waals surface area contributed by atoms with Crippen LogP contribution in [0.4, 0.5) is 0 Å². The van der Waals surface area contributed by atoms with E-state index in [1.54, 1.807) is 0 Å². The summed E-state index contributed by atoms with van der Waals surface area (Å²) < 4.78 is 29.6. The van der Waals surface area contributed by atoms with Gasteiger partial charge in [0, 0.05) is 6.42 Å². The third-order valence-corrected chi connectivity index (χ3v) is 2.44. The maximum atomic E-state index is 10.7. The van der Waals surface area contributed by atoms with Crippen molar-refractivity contribution in [2.75, 3.05) is 0 Å². The van der Waals surface area contributed by atoms with Gasteiger partial charge in [0.15, 0.2) is 10.5 Å². The first-order valence-electron chi connectivity index (χ1n) is 2.91. The predicted octanol–water partition coefficient (Wildman–Crippen LogP) is -4.76. The molecule has 9 heteroatoms. The monoisotopic (exact) mass is 232 g/mol. The molecule has 0 saturated heterocycles. The first-order chi connectivity index (χ1) is 5.39. The van der Waals surface area contributed by atoms with Gasteiger partial charge in [-0.3, -0.25) is 4.55 Å². The van der Waals surface area contributed by atoms with Crippen LogP contribution < -0.4 is 40.0 Å². The molecular weight excluding hydrogens is 227 g/mol. The van der Waals surface area contributed by atoms with Gasteiger partial charge in [-0.2, -0.15) is 8.42 Å². The van der Waals surface area contributed by atoms with Crippen LogP contribution in [-0.4, -0.2) is 29.4 Å². The molecule has 0 aromatic heterocycles. The topological polar surface area (TPSA) is 102 Å². The Morgan fingerprint density at radius 2 is 2.23 bits per heavy atom. The van der Waals surface area contributed by atoms with Crippen LogP contribution in [-0.2, 0) is 10.1 Å². The van der Waals surface area contributed by atoms with Gasteiger partial charge in [-0.05, 0) is 18.1 Å². The van der Waals surface area contributed by atoms with Crippen molar-refractivity contribution in [2.24, 2.45) is 4.99 Å². The number of thiocarbonyl (C=S) groups is 1. The van der Waals surface area contributed by atoms with E-state index >= 15 is 0 Å². The Balaban J connectivity index is 0.00000144. The van der Waals surface area contributed by atoms with E-state index in [4.69, 9.17) is 4.55 Å². The molecule has 13 heavy (non-hydrogen) atoms. The Bertz CT molecular complexity index is 338. The van der Waals surface area contributed by atoms with Crippen LogP contribution in [0.5, 0.6) is 0 Å². The van der Waals surface area contributed by atoms with Crippen LogP contribution in [0, 0.1) is 0 Å². The largest absolute Gasteiger partial charge is 1.00 e. The standard InChI is InChI=1S/C4H6N2O4S2.Na/c7-2-1-3(12(8,9)10)6-4(11)5-2;/h3H,1H2,(H,8,9,10)(H2,5,6,7,11);/q;+1/p-1. The summed E-state index contributed by atoms with van der Waals surface area (Å²) in [6.45, 7) is 0. The number of hydrogen-bond acceptors (Lipinski definition) is 4. The molecule has 6 nitrogen and oxygen atoms in total. The molecule has 0 aliphatic carbocycles. The molecule has 1 aliphatic rings. The molecule has 1 atom stereocenters. The summed E-state index contributed by atoms with van der Waals surface area (Å²) in [7, 11) is -4.27. The maximum Gasteiger partial charge on any atom is 1.00 e. The number of rotatable bonds is 1. The van der Waals surface area contributed by atoms with Gasteiger partial charge in [0.05, 0.1) is 0 Å². The normalized spacial score (nSPS) is 22.7. The molecule has 0 aromatic carbocycles. The summed E-state index contributed by atoms with van der Waals surface area (Å²) in [4.78, 5) is 3.25. The number of aliphatic imine (C=N–C) groups is 1. The molecule has 1 unspecified atom stereocenters. The first-order valence-corrected chi connectivity index (χ1v) is 4.82. The van der Waals surface area contributed by atoms with Crippen molar-refractivity contribution >= 4 is 33.3 Å².